The first-order chi connectivity index (χ1) is 11.3. The fourth-order valence-electron chi connectivity index (χ4n) is 1.69. The van der Waals surface area contributed by atoms with Crippen LogP contribution < -0.4 is 10.5 Å². The molecule has 8 nitrogen and oxygen atoms in total. The van der Waals surface area contributed by atoms with Crippen molar-refractivity contribution < 1.29 is 18.5 Å². The van der Waals surface area contributed by atoms with Gasteiger partial charge in [-0.25, -0.2) is 0 Å². The first-order valence-electron chi connectivity index (χ1n) is 6.78. The SMILES string of the molecule is NC(COc1ccccc1)=NOCc1nc(-c2ccoc2)no1. The molecule has 0 radical (unpaired) electrons. The molecular weight excluding hydrogens is 300 g/mol. The largest absolute Gasteiger partial charge is 0.486 e. The minimum absolute atomic E-state index is 0.0108. The van der Waals surface area contributed by atoms with Crippen molar-refractivity contribution in [3.05, 3.63) is 54.8 Å². The van der Waals surface area contributed by atoms with Gasteiger partial charge in [0.1, 0.15) is 18.6 Å². The summed E-state index contributed by atoms with van der Waals surface area (Å²) in [7, 11) is 0. The lowest BCUT2D eigenvalue weighted by atomic mass is 10.3. The van der Waals surface area contributed by atoms with Crippen molar-refractivity contribution in [2.24, 2.45) is 10.9 Å². The zero-order chi connectivity index (χ0) is 15.9. The summed E-state index contributed by atoms with van der Waals surface area (Å²) in [6, 6.07) is 11.0. The van der Waals surface area contributed by atoms with Crippen LogP contribution in [-0.4, -0.2) is 22.6 Å². The molecule has 0 unspecified atom stereocenters. The van der Waals surface area contributed by atoms with Crippen LogP contribution in [0, 0.1) is 0 Å². The second-order valence-electron chi connectivity index (χ2n) is 4.48. The van der Waals surface area contributed by atoms with Crippen LogP contribution >= 0.6 is 0 Å². The van der Waals surface area contributed by atoms with E-state index >= 15 is 0 Å². The van der Waals surface area contributed by atoms with Crippen molar-refractivity contribution in [2.45, 2.75) is 6.61 Å². The first kappa shape index (κ1) is 14.6. The van der Waals surface area contributed by atoms with Crippen molar-refractivity contribution in [2.75, 3.05) is 6.61 Å². The third kappa shape index (κ3) is 4.10. The summed E-state index contributed by atoms with van der Waals surface area (Å²) in [4.78, 5) is 9.20. The molecule has 0 saturated heterocycles. The molecule has 118 valence electrons. The van der Waals surface area contributed by atoms with E-state index in [0.29, 0.717) is 11.6 Å². The van der Waals surface area contributed by atoms with Gasteiger partial charge in [-0.1, -0.05) is 28.5 Å². The summed E-state index contributed by atoms with van der Waals surface area (Å²) < 4.78 is 15.4. The zero-order valence-electron chi connectivity index (χ0n) is 12.1. The minimum Gasteiger partial charge on any atom is -0.486 e. The first-order valence-corrected chi connectivity index (χ1v) is 6.78. The number of furan rings is 1. The number of ether oxygens (including phenoxy) is 1. The molecule has 0 bridgehead atoms. The summed E-state index contributed by atoms with van der Waals surface area (Å²) >= 11 is 0. The number of para-hydroxylation sites is 1. The Bertz CT molecular complexity index is 753. The lowest BCUT2D eigenvalue weighted by molar-refractivity contribution is 0.104. The van der Waals surface area contributed by atoms with Gasteiger partial charge in [0.05, 0.1) is 11.8 Å². The number of hydrogen-bond acceptors (Lipinski definition) is 7. The van der Waals surface area contributed by atoms with Crippen molar-refractivity contribution in [3.63, 3.8) is 0 Å². The topological polar surface area (TPSA) is 109 Å². The van der Waals surface area contributed by atoms with E-state index in [1.54, 1.807) is 6.07 Å². The van der Waals surface area contributed by atoms with Crippen molar-refractivity contribution >= 4 is 5.84 Å². The summed E-state index contributed by atoms with van der Waals surface area (Å²) in [6.07, 6.45) is 3.05. The van der Waals surface area contributed by atoms with Gasteiger partial charge in [-0.2, -0.15) is 4.98 Å². The molecule has 0 atom stereocenters. The maximum atomic E-state index is 5.69. The Morgan fingerprint density at radius 2 is 2.09 bits per heavy atom. The molecule has 3 rings (SSSR count). The summed E-state index contributed by atoms with van der Waals surface area (Å²) in [5.74, 6) is 1.60. The Labute approximate surface area is 131 Å². The lowest BCUT2D eigenvalue weighted by Gasteiger charge is -2.04. The monoisotopic (exact) mass is 314 g/mol. The molecule has 0 aliphatic heterocycles. The predicted octanol–water partition coefficient (Wildman–Crippen LogP) is 2.20. The predicted molar refractivity (Wildman–Crippen MR) is 80.3 cm³/mol. The fraction of sp³-hybridized carbons (Fsp3) is 0.133. The molecule has 2 heterocycles. The Balaban J connectivity index is 1.46. The highest BCUT2D eigenvalue weighted by atomic mass is 16.6. The summed E-state index contributed by atoms with van der Waals surface area (Å²) in [6.45, 7) is 0.130. The van der Waals surface area contributed by atoms with Crippen LogP contribution in [0.5, 0.6) is 5.75 Å². The van der Waals surface area contributed by atoms with Gasteiger partial charge in [0, 0.05) is 0 Å². The van der Waals surface area contributed by atoms with Crippen LogP contribution in [-0.2, 0) is 11.4 Å². The summed E-state index contributed by atoms with van der Waals surface area (Å²) in [5.41, 5.74) is 6.41. The maximum absolute atomic E-state index is 5.69. The number of benzene rings is 1. The highest BCUT2D eigenvalue weighted by molar-refractivity contribution is 5.81. The fourth-order valence-corrected chi connectivity index (χ4v) is 1.69. The highest BCUT2D eigenvalue weighted by Gasteiger charge is 2.09. The Morgan fingerprint density at radius 3 is 2.87 bits per heavy atom. The molecule has 0 fully saturated rings. The van der Waals surface area contributed by atoms with Crippen LogP contribution in [0.1, 0.15) is 5.89 Å². The van der Waals surface area contributed by atoms with Crippen LogP contribution in [0.15, 0.2) is 63.0 Å². The molecule has 0 aliphatic carbocycles. The zero-order valence-corrected chi connectivity index (χ0v) is 12.1. The molecule has 23 heavy (non-hydrogen) atoms. The highest BCUT2D eigenvalue weighted by Crippen LogP contribution is 2.15. The van der Waals surface area contributed by atoms with Gasteiger partial charge in [0.15, 0.2) is 12.4 Å². The van der Waals surface area contributed by atoms with Gasteiger partial charge in [-0.3, -0.25) is 0 Å². The third-order valence-electron chi connectivity index (χ3n) is 2.75. The molecule has 0 spiro atoms. The number of nitrogens with two attached hydrogens (primary N) is 1. The van der Waals surface area contributed by atoms with E-state index in [-0.39, 0.29) is 24.9 Å². The molecule has 3 aromatic rings. The molecular formula is C15H14N4O4. The van der Waals surface area contributed by atoms with Crippen LogP contribution in [0.25, 0.3) is 11.4 Å². The Hall–Kier alpha value is -3.29. The standard InChI is InChI=1S/C15H14N4O4/c16-13(9-21-12-4-2-1-3-5-12)18-22-10-14-17-15(19-23-14)11-6-7-20-8-11/h1-8H,9-10H2,(H2,16,18). The second-order valence-corrected chi connectivity index (χ2v) is 4.48. The molecule has 2 N–H and O–H groups in total. The number of nitrogens with zero attached hydrogens (tertiary/aromatic N) is 3. The van der Waals surface area contributed by atoms with Crippen LogP contribution in [0.3, 0.4) is 0 Å². The Morgan fingerprint density at radius 1 is 1.22 bits per heavy atom. The van der Waals surface area contributed by atoms with Crippen molar-refractivity contribution in [3.8, 4) is 17.1 Å². The quantitative estimate of drug-likeness (QED) is 0.404. The molecule has 2 aromatic heterocycles. The smallest absolute Gasteiger partial charge is 0.267 e. The van der Waals surface area contributed by atoms with Gasteiger partial charge in [-0.05, 0) is 18.2 Å². The van der Waals surface area contributed by atoms with Gasteiger partial charge >= 0.3 is 0 Å². The average Bonchev–Trinajstić information content (AvgIpc) is 3.25. The van der Waals surface area contributed by atoms with Crippen LogP contribution in [0.2, 0.25) is 0 Å². The van der Waals surface area contributed by atoms with Crippen molar-refractivity contribution in [1.82, 2.24) is 10.1 Å². The van der Waals surface area contributed by atoms with Gasteiger partial charge in [-0.15, -0.1) is 0 Å². The number of rotatable bonds is 7. The summed E-state index contributed by atoms with van der Waals surface area (Å²) in [5, 5.41) is 7.53. The number of aromatic nitrogens is 2. The molecule has 0 aliphatic rings. The van der Waals surface area contributed by atoms with Crippen LogP contribution in [0.4, 0.5) is 0 Å². The van der Waals surface area contributed by atoms with E-state index in [2.05, 4.69) is 15.3 Å². The minimum atomic E-state index is 0.0108. The van der Waals surface area contributed by atoms with Crippen molar-refractivity contribution in [1.29, 1.82) is 0 Å². The average molecular weight is 314 g/mol. The molecule has 8 heteroatoms. The molecule has 0 saturated carbocycles. The number of oxime groups is 1. The van der Waals surface area contributed by atoms with E-state index in [1.807, 2.05) is 30.3 Å². The third-order valence-corrected chi connectivity index (χ3v) is 2.75. The van der Waals surface area contributed by atoms with E-state index < -0.39 is 0 Å². The molecule has 0 amide bonds. The van der Waals surface area contributed by atoms with E-state index in [4.69, 9.17) is 24.2 Å². The van der Waals surface area contributed by atoms with Gasteiger partial charge in [0.25, 0.3) is 5.89 Å². The number of hydrogen-bond donors (Lipinski definition) is 1. The molecule has 1 aromatic carbocycles. The maximum Gasteiger partial charge on any atom is 0.267 e. The normalized spacial score (nSPS) is 11.4. The Kier molecular flexibility index (Phi) is 4.53. The van der Waals surface area contributed by atoms with Gasteiger partial charge < -0.3 is 24.2 Å². The van der Waals surface area contributed by atoms with E-state index in [0.717, 1.165) is 5.56 Å². The van der Waals surface area contributed by atoms with E-state index in [1.165, 1.54) is 12.5 Å². The second kappa shape index (κ2) is 7.12. The lowest BCUT2D eigenvalue weighted by Crippen LogP contribution is -2.21. The van der Waals surface area contributed by atoms with E-state index in [9.17, 15) is 0 Å². The number of amidine groups is 1. The van der Waals surface area contributed by atoms with Gasteiger partial charge in [0.2, 0.25) is 5.82 Å².